The first-order valence-electron chi connectivity index (χ1n) is 3.15. The summed E-state index contributed by atoms with van der Waals surface area (Å²) in [4.78, 5) is 9.52. The van der Waals surface area contributed by atoms with Crippen LogP contribution in [0.4, 0.5) is 11.8 Å². The summed E-state index contributed by atoms with van der Waals surface area (Å²) in [7, 11) is 0. The molecule has 0 fully saturated rings. The lowest BCUT2D eigenvalue weighted by molar-refractivity contribution is -0.401. The fraction of sp³-hybridized carbons (Fsp3) is 0. The summed E-state index contributed by atoms with van der Waals surface area (Å²) in [5.41, 5.74) is 9.88. The van der Waals surface area contributed by atoms with Crippen LogP contribution in [0.5, 0.6) is 0 Å². The van der Waals surface area contributed by atoms with Crippen LogP contribution >= 0.6 is 12.2 Å². The Labute approximate surface area is 78.0 Å². The normalized spacial score (nSPS) is 9.23. The fourth-order valence-electron chi connectivity index (χ4n) is 0.616. The van der Waals surface area contributed by atoms with Crippen molar-refractivity contribution in [1.29, 1.82) is 0 Å². The third kappa shape index (κ3) is 2.60. The summed E-state index contributed by atoms with van der Waals surface area (Å²) >= 11 is 4.48. The van der Waals surface area contributed by atoms with Crippen molar-refractivity contribution in [3.63, 3.8) is 0 Å². The second kappa shape index (κ2) is 3.72. The molecule has 0 bridgehead atoms. The van der Waals surface area contributed by atoms with Gasteiger partial charge in [0.1, 0.15) is 4.92 Å². The van der Waals surface area contributed by atoms with Gasteiger partial charge in [0.05, 0.1) is 6.07 Å². The minimum Gasteiger partial charge on any atom is -0.383 e. The van der Waals surface area contributed by atoms with Crippen LogP contribution < -0.4 is 16.6 Å². The molecule has 1 rings (SSSR count). The van der Waals surface area contributed by atoms with Gasteiger partial charge in [0.2, 0.25) is 5.88 Å². The van der Waals surface area contributed by atoms with Gasteiger partial charge in [-0.3, -0.25) is 21.0 Å². The summed E-state index contributed by atoms with van der Waals surface area (Å²) < 4.78 is 4.71. The van der Waals surface area contributed by atoms with Crippen LogP contribution in [0.1, 0.15) is 0 Å². The molecule has 0 aliphatic carbocycles. The van der Waals surface area contributed by atoms with E-state index in [-0.39, 0.29) is 16.9 Å². The minimum atomic E-state index is -0.647. The molecule has 0 aliphatic heterocycles. The number of nitro groups is 1. The Hall–Kier alpha value is -1.83. The van der Waals surface area contributed by atoms with Crippen LogP contribution in [0.2, 0.25) is 0 Å². The molecule has 4 N–H and O–H groups in total. The first-order valence-corrected chi connectivity index (χ1v) is 3.56. The van der Waals surface area contributed by atoms with Crippen LogP contribution in [0, 0.1) is 10.1 Å². The number of anilines is 1. The molecular formula is C5H6N4O3S. The van der Waals surface area contributed by atoms with Crippen LogP contribution in [0.15, 0.2) is 16.5 Å². The Morgan fingerprint density at radius 3 is 2.85 bits per heavy atom. The van der Waals surface area contributed by atoms with Crippen molar-refractivity contribution < 1.29 is 9.34 Å². The molecule has 0 spiro atoms. The minimum absolute atomic E-state index is 0.0130. The van der Waals surface area contributed by atoms with E-state index in [9.17, 15) is 10.1 Å². The van der Waals surface area contributed by atoms with Gasteiger partial charge in [-0.1, -0.05) is 0 Å². The molecule has 0 radical (unpaired) electrons. The molecule has 0 saturated heterocycles. The van der Waals surface area contributed by atoms with E-state index in [0.29, 0.717) is 0 Å². The number of nitrogens with zero attached hydrogens (tertiary/aromatic N) is 1. The highest BCUT2D eigenvalue weighted by Gasteiger charge is 2.10. The molecule has 1 aromatic rings. The van der Waals surface area contributed by atoms with Gasteiger partial charge in [0.15, 0.2) is 5.11 Å². The smallest absolute Gasteiger partial charge is 0.383 e. The van der Waals surface area contributed by atoms with E-state index in [1.165, 1.54) is 12.1 Å². The van der Waals surface area contributed by atoms with Gasteiger partial charge in [-0.05, 0) is 12.2 Å². The third-order valence-electron chi connectivity index (χ3n) is 1.08. The van der Waals surface area contributed by atoms with Crippen molar-refractivity contribution in [3.05, 3.63) is 22.2 Å². The highest BCUT2D eigenvalue weighted by atomic mass is 32.1. The summed E-state index contributed by atoms with van der Waals surface area (Å²) in [5.74, 6) is -0.188. The zero-order valence-electron chi connectivity index (χ0n) is 6.31. The Bertz CT molecular complexity index is 336. The van der Waals surface area contributed by atoms with Crippen molar-refractivity contribution in [3.8, 4) is 0 Å². The molecule has 70 valence electrons. The predicted molar refractivity (Wildman–Crippen MR) is 48.9 cm³/mol. The highest BCUT2D eigenvalue weighted by molar-refractivity contribution is 7.80. The lowest BCUT2D eigenvalue weighted by Crippen LogP contribution is -2.33. The van der Waals surface area contributed by atoms with E-state index in [1.807, 2.05) is 0 Å². The average molecular weight is 202 g/mol. The van der Waals surface area contributed by atoms with Gasteiger partial charge >= 0.3 is 5.88 Å². The standard InChI is InChI=1S/C5H6N4O3S/c6-5(13)8-7-3-1-2-4(12-3)9(10)11/h1-2,7H,(H3,6,8,13). The molecule has 0 atom stereocenters. The summed E-state index contributed by atoms with van der Waals surface area (Å²) in [6, 6.07) is 2.59. The molecule has 0 aliphatic rings. The molecule has 0 amide bonds. The quantitative estimate of drug-likeness (QED) is 0.368. The topological polar surface area (TPSA) is 106 Å². The summed E-state index contributed by atoms with van der Waals surface area (Å²) in [6.07, 6.45) is 0. The summed E-state index contributed by atoms with van der Waals surface area (Å²) in [6.45, 7) is 0. The van der Waals surface area contributed by atoms with Gasteiger partial charge in [0.25, 0.3) is 0 Å². The zero-order chi connectivity index (χ0) is 9.84. The zero-order valence-corrected chi connectivity index (χ0v) is 7.13. The molecule has 0 saturated carbocycles. The molecule has 0 unspecified atom stereocenters. The van der Waals surface area contributed by atoms with Crippen LogP contribution in [0.3, 0.4) is 0 Å². The van der Waals surface area contributed by atoms with Gasteiger partial charge in [-0.2, -0.15) is 0 Å². The number of rotatable bonds is 3. The lowest BCUT2D eigenvalue weighted by Gasteiger charge is -2.01. The van der Waals surface area contributed by atoms with Crippen molar-refractivity contribution in [2.45, 2.75) is 0 Å². The second-order valence-corrected chi connectivity index (χ2v) is 2.45. The first-order chi connectivity index (χ1) is 6.09. The van der Waals surface area contributed by atoms with Crippen molar-refractivity contribution in [2.75, 3.05) is 5.43 Å². The SMILES string of the molecule is NC(=S)NNc1ccc([N+](=O)[O-])o1. The number of hydrogen-bond donors (Lipinski definition) is 3. The van der Waals surface area contributed by atoms with Gasteiger partial charge in [0, 0.05) is 6.07 Å². The Morgan fingerprint density at radius 1 is 1.69 bits per heavy atom. The molecule has 1 heterocycles. The van der Waals surface area contributed by atoms with Crippen LogP contribution in [-0.4, -0.2) is 10.0 Å². The second-order valence-electron chi connectivity index (χ2n) is 2.01. The van der Waals surface area contributed by atoms with E-state index in [1.54, 1.807) is 0 Å². The van der Waals surface area contributed by atoms with Crippen LogP contribution in [0.25, 0.3) is 0 Å². The fourth-order valence-corrected chi connectivity index (χ4v) is 0.667. The molecule has 7 nitrogen and oxygen atoms in total. The Balaban J connectivity index is 2.59. The van der Waals surface area contributed by atoms with Crippen molar-refractivity contribution >= 4 is 29.1 Å². The number of nitrogens with two attached hydrogens (primary N) is 1. The van der Waals surface area contributed by atoms with Gasteiger partial charge in [-0.15, -0.1) is 0 Å². The lowest BCUT2D eigenvalue weighted by atomic mass is 10.6. The van der Waals surface area contributed by atoms with Gasteiger partial charge in [-0.25, -0.2) is 0 Å². The number of thiocarbonyl (C=S) groups is 1. The number of nitrogens with one attached hydrogen (secondary N) is 2. The predicted octanol–water partition coefficient (Wildman–Crippen LogP) is 0.348. The first kappa shape index (κ1) is 9.26. The Kier molecular flexibility index (Phi) is 2.65. The van der Waals surface area contributed by atoms with E-state index in [0.717, 1.165) is 0 Å². The number of hydrazine groups is 1. The summed E-state index contributed by atoms with van der Waals surface area (Å²) in [5, 5.41) is 10.2. The molecule has 8 heteroatoms. The van der Waals surface area contributed by atoms with E-state index < -0.39 is 4.92 Å². The van der Waals surface area contributed by atoms with E-state index in [2.05, 4.69) is 23.1 Å². The van der Waals surface area contributed by atoms with E-state index >= 15 is 0 Å². The maximum Gasteiger partial charge on any atom is 0.434 e. The van der Waals surface area contributed by atoms with Crippen molar-refractivity contribution in [2.24, 2.45) is 5.73 Å². The molecule has 1 aromatic heterocycles. The van der Waals surface area contributed by atoms with Crippen LogP contribution in [-0.2, 0) is 0 Å². The molecular weight excluding hydrogens is 196 g/mol. The number of furan rings is 1. The average Bonchev–Trinajstić information content (AvgIpc) is 2.48. The van der Waals surface area contributed by atoms with E-state index in [4.69, 9.17) is 10.2 Å². The maximum absolute atomic E-state index is 10.2. The third-order valence-corrected chi connectivity index (χ3v) is 1.18. The molecule has 13 heavy (non-hydrogen) atoms. The van der Waals surface area contributed by atoms with Crippen molar-refractivity contribution in [1.82, 2.24) is 5.43 Å². The van der Waals surface area contributed by atoms with Gasteiger partial charge < -0.3 is 10.2 Å². The monoisotopic (exact) mass is 202 g/mol. The highest BCUT2D eigenvalue weighted by Crippen LogP contribution is 2.18. The number of hydrogen-bond acceptors (Lipinski definition) is 5. The Morgan fingerprint density at radius 2 is 2.38 bits per heavy atom. The maximum atomic E-state index is 10.2. The largest absolute Gasteiger partial charge is 0.434 e. The molecule has 0 aromatic carbocycles.